The molecule has 128 valence electrons. The summed E-state index contributed by atoms with van der Waals surface area (Å²) in [5.74, 6) is 0.212. The van der Waals surface area contributed by atoms with Crippen LogP contribution in [-0.2, 0) is 4.74 Å². The molecule has 2 rings (SSSR count). The van der Waals surface area contributed by atoms with Crippen molar-refractivity contribution in [3.63, 3.8) is 0 Å². The summed E-state index contributed by atoms with van der Waals surface area (Å²) in [4.78, 5) is 12.6. The number of esters is 1. The van der Waals surface area contributed by atoms with Gasteiger partial charge in [0.05, 0.1) is 25.8 Å². The molecule has 1 aromatic rings. The molecular weight excluding hydrogens is 298 g/mol. The summed E-state index contributed by atoms with van der Waals surface area (Å²) >= 11 is 0. The number of likely N-dealkylation sites (tertiary alicyclic amines) is 1. The maximum atomic E-state index is 11.3. The molecule has 0 aromatic heterocycles. The molecule has 6 heteroatoms. The Kier molecular flexibility index (Phi) is 6.83. The molecule has 0 radical (unpaired) electrons. The number of quaternary nitrogens is 1. The molecule has 1 saturated heterocycles. The third-order valence-corrected chi connectivity index (χ3v) is 4.31. The van der Waals surface area contributed by atoms with Crippen LogP contribution in [0.4, 0.5) is 0 Å². The van der Waals surface area contributed by atoms with Gasteiger partial charge in [0.15, 0.2) is 0 Å². The van der Waals surface area contributed by atoms with Crippen molar-refractivity contribution in [2.24, 2.45) is 0 Å². The lowest BCUT2D eigenvalue weighted by atomic mass is 10.0. The molecule has 3 N–H and O–H groups in total. The third-order valence-electron chi connectivity index (χ3n) is 4.31. The van der Waals surface area contributed by atoms with E-state index in [1.54, 1.807) is 24.3 Å². The van der Waals surface area contributed by atoms with Crippen LogP contribution in [0.1, 0.15) is 29.6 Å². The van der Waals surface area contributed by atoms with Crippen LogP contribution in [0.15, 0.2) is 24.3 Å². The minimum Gasteiger partial charge on any atom is -0.491 e. The predicted molar refractivity (Wildman–Crippen MR) is 84.7 cm³/mol. The summed E-state index contributed by atoms with van der Waals surface area (Å²) in [7, 11) is 1.34. The van der Waals surface area contributed by atoms with Crippen molar-refractivity contribution in [1.29, 1.82) is 0 Å². The zero-order valence-corrected chi connectivity index (χ0v) is 13.5. The molecule has 23 heavy (non-hydrogen) atoms. The van der Waals surface area contributed by atoms with Crippen LogP contribution < -0.4 is 9.64 Å². The lowest BCUT2D eigenvalue weighted by Gasteiger charge is -2.32. The van der Waals surface area contributed by atoms with Crippen molar-refractivity contribution in [1.82, 2.24) is 0 Å². The first-order chi connectivity index (χ1) is 11.1. The lowest BCUT2D eigenvalue weighted by Crippen LogP contribution is -3.18. The highest BCUT2D eigenvalue weighted by atomic mass is 16.5. The van der Waals surface area contributed by atoms with Crippen LogP contribution in [0, 0.1) is 0 Å². The van der Waals surface area contributed by atoms with E-state index in [4.69, 9.17) is 4.74 Å². The van der Waals surface area contributed by atoms with Crippen molar-refractivity contribution in [3.8, 4) is 5.75 Å². The smallest absolute Gasteiger partial charge is 0.337 e. The standard InChI is InChI=1S/C17H25NO5/c1-22-17(21)13-5-7-16(8-6-13)23-12-15(20)10-18-9-3-2-4-14(18)11-19/h5-8,14-15,19-20H,2-4,9-12H2,1H3/p+1/t14-,15+/m1/s1. The van der Waals surface area contributed by atoms with Crippen LogP contribution in [0.5, 0.6) is 5.75 Å². The first kappa shape index (κ1) is 17.7. The maximum Gasteiger partial charge on any atom is 0.337 e. The Hall–Kier alpha value is -1.63. The largest absolute Gasteiger partial charge is 0.491 e. The van der Waals surface area contributed by atoms with Gasteiger partial charge in [0.2, 0.25) is 0 Å². The Balaban J connectivity index is 1.79. The number of ether oxygens (including phenoxy) is 2. The number of carbonyl (C=O) groups excluding carboxylic acids is 1. The number of aliphatic hydroxyl groups is 2. The van der Waals surface area contributed by atoms with Gasteiger partial charge in [0.1, 0.15) is 31.0 Å². The van der Waals surface area contributed by atoms with Gasteiger partial charge >= 0.3 is 5.97 Å². The van der Waals surface area contributed by atoms with Gasteiger partial charge in [-0.3, -0.25) is 0 Å². The average molecular weight is 324 g/mol. The summed E-state index contributed by atoms with van der Waals surface area (Å²) < 4.78 is 10.2. The fraction of sp³-hybridized carbons (Fsp3) is 0.588. The van der Waals surface area contributed by atoms with Gasteiger partial charge in [0.25, 0.3) is 0 Å². The van der Waals surface area contributed by atoms with E-state index < -0.39 is 6.10 Å². The first-order valence-electron chi connectivity index (χ1n) is 8.08. The molecule has 1 aromatic carbocycles. The molecule has 1 heterocycles. The number of piperidine rings is 1. The van der Waals surface area contributed by atoms with E-state index in [1.807, 2.05) is 0 Å². The third kappa shape index (κ3) is 5.20. The molecular formula is C17H26NO5+. The van der Waals surface area contributed by atoms with Crippen LogP contribution in [-0.4, -0.2) is 61.7 Å². The van der Waals surface area contributed by atoms with Crippen molar-refractivity contribution < 1.29 is 29.4 Å². The molecule has 6 nitrogen and oxygen atoms in total. The number of hydrogen-bond acceptors (Lipinski definition) is 5. The number of benzene rings is 1. The Bertz CT molecular complexity index is 490. The average Bonchev–Trinajstić information content (AvgIpc) is 2.60. The van der Waals surface area contributed by atoms with Gasteiger partial charge < -0.3 is 24.6 Å². The molecule has 1 fully saturated rings. The minimum atomic E-state index is -0.586. The number of aliphatic hydroxyl groups excluding tert-OH is 2. The van der Waals surface area contributed by atoms with E-state index >= 15 is 0 Å². The molecule has 0 amide bonds. The monoisotopic (exact) mass is 324 g/mol. The second-order valence-corrected chi connectivity index (χ2v) is 5.97. The molecule has 1 aliphatic heterocycles. The summed E-state index contributed by atoms with van der Waals surface area (Å²) in [6, 6.07) is 6.85. The fourth-order valence-corrected chi connectivity index (χ4v) is 3.00. The Morgan fingerprint density at radius 2 is 2.09 bits per heavy atom. The van der Waals surface area contributed by atoms with Crippen LogP contribution in [0.3, 0.4) is 0 Å². The summed E-state index contributed by atoms with van der Waals surface area (Å²) in [6.07, 6.45) is 2.70. The van der Waals surface area contributed by atoms with Gasteiger partial charge in [-0.2, -0.15) is 0 Å². The van der Waals surface area contributed by atoms with E-state index in [0.717, 1.165) is 25.8 Å². The highest BCUT2D eigenvalue weighted by Crippen LogP contribution is 2.13. The zero-order chi connectivity index (χ0) is 16.7. The van der Waals surface area contributed by atoms with Crippen molar-refractivity contribution >= 4 is 5.97 Å². The van der Waals surface area contributed by atoms with Gasteiger partial charge in [-0.1, -0.05) is 0 Å². The van der Waals surface area contributed by atoms with Gasteiger partial charge in [-0.25, -0.2) is 4.79 Å². The fourth-order valence-electron chi connectivity index (χ4n) is 3.00. The van der Waals surface area contributed by atoms with Gasteiger partial charge in [-0.15, -0.1) is 0 Å². The Morgan fingerprint density at radius 3 is 2.74 bits per heavy atom. The highest BCUT2D eigenvalue weighted by molar-refractivity contribution is 5.89. The molecule has 3 atom stereocenters. The maximum absolute atomic E-state index is 11.3. The van der Waals surface area contributed by atoms with Crippen molar-refractivity contribution in [2.75, 3.05) is 33.4 Å². The number of hydrogen-bond donors (Lipinski definition) is 3. The predicted octanol–water partition coefficient (Wildman–Crippen LogP) is -0.357. The summed E-state index contributed by atoms with van der Waals surface area (Å²) in [5, 5.41) is 19.6. The Labute approximate surface area is 136 Å². The number of methoxy groups -OCH3 is 1. The van der Waals surface area contributed by atoms with Gasteiger partial charge in [0, 0.05) is 6.42 Å². The summed E-state index contributed by atoms with van der Waals surface area (Å²) in [5.41, 5.74) is 0.462. The molecule has 0 spiro atoms. The number of rotatable bonds is 7. The molecule has 0 bridgehead atoms. The lowest BCUT2D eigenvalue weighted by molar-refractivity contribution is -0.933. The molecule has 0 aliphatic carbocycles. The molecule has 1 aliphatic rings. The van der Waals surface area contributed by atoms with Crippen LogP contribution in [0.2, 0.25) is 0 Å². The van der Waals surface area contributed by atoms with Crippen molar-refractivity contribution in [2.45, 2.75) is 31.4 Å². The zero-order valence-electron chi connectivity index (χ0n) is 13.5. The van der Waals surface area contributed by atoms with Gasteiger partial charge in [-0.05, 0) is 37.1 Å². The SMILES string of the molecule is COC(=O)c1ccc(OC[C@@H](O)C[NH+]2CCCC[C@@H]2CO)cc1. The van der Waals surface area contributed by atoms with E-state index in [-0.39, 0.29) is 25.2 Å². The first-order valence-corrected chi connectivity index (χ1v) is 8.08. The van der Waals surface area contributed by atoms with E-state index in [9.17, 15) is 15.0 Å². The minimum absolute atomic E-state index is 0.165. The second kappa shape index (κ2) is 8.86. The normalized spacial score (nSPS) is 22.4. The highest BCUT2D eigenvalue weighted by Gasteiger charge is 2.27. The summed E-state index contributed by atoms with van der Waals surface area (Å²) in [6.45, 7) is 1.92. The molecule has 1 unspecified atom stereocenters. The van der Waals surface area contributed by atoms with E-state index in [2.05, 4.69) is 4.74 Å². The number of carbonyl (C=O) groups is 1. The van der Waals surface area contributed by atoms with Crippen molar-refractivity contribution in [3.05, 3.63) is 29.8 Å². The number of nitrogens with one attached hydrogen (secondary N) is 1. The van der Waals surface area contributed by atoms with Crippen LogP contribution in [0.25, 0.3) is 0 Å². The Morgan fingerprint density at radius 1 is 1.35 bits per heavy atom. The topological polar surface area (TPSA) is 80.4 Å². The van der Waals surface area contributed by atoms with Crippen LogP contribution >= 0.6 is 0 Å². The molecule has 0 saturated carbocycles. The quantitative estimate of drug-likeness (QED) is 0.597. The van der Waals surface area contributed by atoms with E-state index in [1.165, 1.54) is 12.0 Å². The second-order valence-electron chi connectivity index (χ2n) is 5.97. The van der Waals surface area contributed by atoms with E-state index in [0.29, 0.717) is 17.9 Å².